The molecule has 0 amide bonds. The molecule has 3 rings (SSSR count). The van der Waals surface area contributed by atoms with Crippen LogP contribution >= 0.6 is 0 Å². The maximum Gasteiger partial charge on any atom is 0.297 e. The minimum absolute atomic E-state index is 0.0310. The van der Waals surface area contributed by atoms with Crippen LogP contribution in [0.4, 0.5) is 5.69 Å². The van der Waals surface area contributed by atoms with Gasteiger partial charge in [0.05, 0.1) is 11.4 Å². The summed E-state index contributed by atoms with van der Waals surface area (Å²) in [5.74, 6) is 0. The second-order valence-corrected chi connectivity index (χ2v) is 4.99. The maximum absolute atomic E-state index is 12.7. The number of para-hydroxylation sites is 1. The van der Waals surface area contributed by atoms with E-state index in [1.54, 1.807) is 19.1 Å². The fourth-order valence-electron chi connectivity index (χ4n) is 2.34. The Hall–Kier alpha value is -3.28. The molecule has 0 atom stereocenters. The average molecular weight is 322 g/mol. The molecule has 1 aromatic heterocycles. The summed E-state index contributed by atoms with van der Waals surface area (Å²) in [6.45, 7) is 1.88. The van der Waals surface area contributed by atoms with E-state index in [4.69, 9.17) is 4.74 Å². The van der Waals surface area contributed by atoms with Crippen molar-refractivity contribution in [2.24, 2.45) is 4.99 Å². The molecule has 0 aliphatic rings. The van der Waals surface area contributed by atoms with Crippen LogP contribution in [-0.4, -0.2) is 22.5 Å². The van der Waals surface area contributed by atoms with Crippen molar-refractivity contribution in [1.82, 2.24) is 9.78 Å². The third-order valence-corrected chi connectivity index (χ3v) is 3.41. The number of nitrogens with one attached hydrogen (secondary N) is 1. The smallest absolute Gasteiger partial charge is 0.297 e. The molecule has 2 aromatic carbocycles. The first-order chi connectivity index (χ1) is 11.7. The third-order valence-electron chi connectivity index (χ3n) is 3.41. The van der Waals surface area contributed by atoms with Gasteiger partial charge in [-0.3, -0.25) is 9.89 Å². The van der Waals surface area contributed by atoms with Gasteiger partial charge in [0.15, 0.2) is 11.8 Å². The predicted molar refractivity (Wildman–Crippen MR) is 90.5 cm³/mol. The Balaban J connectivity index is 2.20. The summed E-state index contributed by atoms with van der Waals surface area (Å²) in [4.78, 5) is 16.6. The highest BCUT2D eigenvalue weighted by Gasteiger charge is 2.16. The van der Waals surface area contributed by atoms with Crippen LogP contribution in [0.5, 0.6) is 0 Å². The molecule has 3 aromatic rings. The Kier molecular flexibility index (Phi) is 4.47. The van der Waals surface area contributed by atoms with E-state index < -0.39 is 11.6 Å². The molecule has 0 saturated heterocycles. The summed E-state index contributed by atoms with van der Waals surface area (Å²) < 4.78 is 6.20. The number of hydrogen-bond acceptors (Lipinski definition) is 4. The van der Waals surface area contributed by atoms with Crippen LogP contribution in [-0.2, 0) is 4.74 Å². The van der Waals surface area contributed by atoms with Crippen LogP contribution in [0.2, 0.25) is 0 Å². The third kappa shape index (κ3) is 3.08. The van der Waals surface area contributed by atoms with Gasteiger partial charge in [-0.2, -0.15) is 0 Å². The molecular formula is C18H16N3O3-. The number of aromatic nitrogens is 2. The largest absolute Gasteiger partial charge is 0.600 e. The van der Waals surface area contributed by atoms with Crippen LogP contribution in [0, 0.1) is 0 Å². The van der Waals surface area contributed by atoms with Crippen LogP contribution in [0.3, 0.4) is 0 Å². The molecule has 0 bridgehead atoms. The summed E-state index contributed by atoms with van der Waals surface area (Å²) >= 11 is 0. The van der Waals surface area contributed by atoms with Crippen molar-refractivity contribution in [3.8, 4) is 16.9 Å². The maximum atomic E-state index is 12.7. The number of aliphatic imine (C=N–C) groups is 1. The van der Waals surface area contributed by atoms with Crippen molar-refractivity contribution in [2.75, 3.05) is 6.61 Å². The Bertz CT molecular complexity index is 896. The van der Waals surface area contributed by atoms with Gasteiger partial charge in [0.25, 0.3) is 5.56 Å². The number of benzene rings is 2. The second kappa shape index (κ2) is 6.87. The molecule has 0 fully saturated rings. The fraction of sp³-hybridized carbons (Fsp3) is 0.111. The fourth-order valence-corrected chi connectivity index (χ4v) is 2.34. The monoisotopic (exact) mass is 322 g/mol. The highest BCUT2D eigenvalue weighted by Crippen LogP contribution is 2.26. The molecule has 24 heavy (non-hydrogen) atoms. The lowest BCUT2D eigenvalue weighted by atomic mass is 10.1. The van der Waals surface area contributed by atoms with Crippen molar-refractivity contribution in [1.29, 1.82) is 0 Å². The molecule has 0 spiro atoms. The van der Waals surface area contributed by atoms with Crippen molar-refractivity contribution >= 4 is 11.8 Å². The summed E-state index contributed by atoms with van der Waals surface area (Å²) in [5.41, 5.74) is 1.51. The van der Waals surface area contributed by atoms with E-state index in [1.807, 2.05) is 48.5 Å². The molecule has 0 aliphatic heterocycles. The molecule has 0 aliphatic carbocycles. The van der Waals surface area contributed by atoms with Gasteiger partial charge in [-0.15, -0.1) is 0 Å². The lowest BCUT2D eigenvalue weighted by Gasteiger charge is -2.09. The second-order valence-electron chi connectivity index (χ2n) is 4.99. The standard InChI is InChI=1S/C18H17N3O3/c1-2-24-18(23)19-16-15(13-9-5-3-6-10-13)20-21(17(16)22)14-11-7-4-8-12-14/h3-12,20H,2H2,1H3,(H,19,23)/p-1. The quantitative estimate of drug-likeness (QED) is 0.590. The summed E-state index contributed by atoms with van der Waals surface area (Å²) in [6, 6.07) is 18.3. The van der Waals surface area contributed by atoms with Crippen LogP contribution in [0.15, 0.2) is 70.5 Å². The normalized spacial score (nSPS) is 11.5. The predicted octanol–water partition coefficient (Wildman–Crippen LogP) is 2.22. The highest BCUT2D eigenvalue weighted by molar-refractivity contribution is 5.77. The first-order valence-corrected chi connectivity index (χ1v) is 7.55. The molecule has 1 N–H and O–H groups in total. The van der Waals surface area contributed by atoms with E-state index in [2.05, 4.69) is 10.1 Å². The van der Waals surface area contributed by atoms with E-state index in [-0.39, 0.29) is 12.3 Å². The lowest BCUT2D eigenvalue weighted by molar-refractivity contribution is -0.249. The molecule has 0 saturated carbocycles. The molecule has 1 heterocycles. The number of hydrogen-bond donors (Lipinski definition) is 1. The SMILES string of the molecule is CCOC([O-])=Nc1c(-c2ccccc2)[nH]n(-c2ccccc2)c1=O. The minimum atomic E-state index is -0.786. The first-order valence-electron chi connectivity index (χ1n) is 7.55. The summed E-state index contributed by atoms with van der Waals surface area (Å²) in [5, 5.41) is 14.8. The van der Waals surface area contributed by atoms with Gasteiger partial charge in [0.2, 0.25) is 0 Å². The van der Waals surface area contributed by atoms with Gasteiger partial charge in [0.1, 0.15) is 0 Å². The van der Waals surface area contributed by atoms with Gasteiger partial charge in [-0.05, 0) is 18.7 Å². The van der Waals surface area contributed by atoms with Crippen LogP contribution in [0.25, 0.3) is 16.9 Å². The molecule has 0 radical (unpaired) electrons. The van der Waals surface area contributed by atoms with Crippen LogP contribution in [0.1, 0.15) is 6.92 Å². The first kappa shape index (κ1) is 15.6. The van der Waals surface area contributed by atoms with Gasteiger partial charge in [-0.1, -0.05) is 55.5 Å². The van der Waals surface area contributed by atoms with Crippen molar-refractivity contribution < 1.29 is 9.84 Å². The molecule has 6 heteroatoms. The Morgan fingerprint density at radius 1 is 1.12 bits per heavy atom. The molecule has 6 nitrogen and oxygen atoms in total. The number of rotatable bonds is 4. The minimum Gasteiger partial charge on any atom is -0.600 e. The van der Waals surface area contributed by atoms with Crippen LogP contribution < -0.4 is 10.7 Å². The zero-order chi connectivity index (χ0) is 16.9. The average Bonchev–Trinajstić information content (AvgIpc) is 2.93. The Morgan fingerprint density at radius 2 is 1.75 bits per heavy atom. The topological polar surface area (TPSA) is 82.4 Å². The van der Waals surface area contributed by atoms with Gasteiger partial charge >= 0.3 is 0 Å². The number of aromatic amines is 1. The number of nitrogens with zero attached hydrogens (tertiary/aromatic N) is 2. The zero-order valence-electron chi connectivity index (χ0n) is 13.1. The lowest BCUT2D eigenvalue weighted by Crippen LogP contribution is -2.22. The van der Waals surface area contributed by atoms with E-state index >= 15 is 0 Å². The molecular weight excluding hydrogens is 306 g/mol. The van der Waals surface area contributed by atoms with Crippen molar-refractivity contribution in [3.05, 3.63) is 71.0 Å². The van der Waals surface area contributed by atoms with E-state index in [0.717, 1.165) is 5.56 Å². The molecule has 0 unspecified atom stereocenters. The van der Waals surface area contributed by atoms with Crippen molar-refractivity contribution in [2.45, 2.75) is 6.92 Å². The van der Waals surface area contributed by atoms with E-state index in [1.165, 1.54) is 4.68 Å². The molecule has 122 valence electrons. The van der Waals surface area contributed by atoms with E-state index in [0.29, 0.717) is 11.4 Å². The Labute approximate surface area is 138 Å². The zero-order valence-corrected chi connectivity index (χ0v) is 13.1. The number of ether oxygens (including phenoxy) is 1. The van der Waals surface area contributed by atoms with Gasteiger partial charge in [0, 0.05) is 5.56 Å². The van der Waals surface area contributed by atoms with Crippen molar-refractivity contribution in [3.63, 3.8) is 0 Å². The van der Waals surface area contributed by atoms with E-state index in [9.17, 15) is 9.90 Å². The highest BCUT2D eigenvalue weighted by atomic mass is 16.6. The van der Waals surface area contributed by atoms with Gasteiger partial charge < -0.3 is 9.84 Å². The van der Waals surface area contributed by atoms with Gasteiger partial charge in [-0.25, -0.2) is 9.67 Å². The summed E-state index contributed by atoms with van der Waals surface area (Å²) in [7, 11) is 0. The Morgan fingerprint density at radius 3 is 2.38 bits per heavy atom. The number of H-pyrrole nitrogens is 1. The summed E-state index contributed by atoms with van der Waals surface area (Å²) in [6.07, 6.45) is -0.786.